The highest BCUT2D eigenvalue weighted by atomic mass is 32.2. The predicted molar refractivity (Wildman–Crippen MR) is 105 cm³/mol. The highest BCUT2D eigenvalue weighted by Gasteiger charge is 2.28. The number of ether oxygens (including phenoxy) is 1. The molecule has 2 heterocycles. The number of pyridine rings is 1. The topological polar surface area (TPSA) is 85.8 Å². The number of hydrogen-bond donors (Lipinski definition) is 0. The van der Waals surface area contributed by atoms with Crippen LogP contribution in [0.5, 0.6) is 0 Å². The van der Waals surface area contributed by atoms with Gasteiger partial charge in [-0.3, -0.25) is 9.08 Å². The summed E-state index contributed by atoms with van der Waals surface area (Å²) in [5.74, 6) is 0.578. The third kappa shape index (κ3) is 7.35. The van der Waals surface area contributed by atoms with Crippen molar-refractivity contribution in [3.8, 4) is 0 Å². The summed E-state index contributed by atoms with van der Waals surface area (Å²) >= 11 is 0. The van der Waals surface area contributed by atoms with Crippen LogP contribution in [0.4, 0.5) is 15.0 Å². The SMILES string of the molecule is CC(C)(C)OC(=O)N1CCCc2ccc(CC[C@H](F)CCOS(C)(=O)=O)nc21. The lowest BCUT2D eigenvalue weighted by molar-refractivity contribution is 0.0576. The molecule has 1 aliphatic rings. The van der Waals surface area contributed by atoms with Crippen LogP contribution in [0.3, 0.4) is 0 Å². The number of carbonyl (C=O) groups is 1. The number of aryl methyl sites for hydroxylation is 2. The van der Waals surface area contributed by atoms with Crippen molar-refractivity contribution < 1.29 is 26.5 Å². The van der Waals surface area contributed by atoms with Crippen LogP contribution in [0.2, 0.25) is 0 Å². The maximum absolute atomic E-state index is 14.0. The standard InChI is InChI=1S/C19H29FN2O5S/c1-19(2,3)27-18(23)22-12-5-6-14-7-9-16(21-17(14)22)10-8-15(20)11-13-26-28(4,24)25/h7,9,15H,5-6,8,10-13H2,1-4H3/t15-/m0/s1. The second kappa shape index (κ2) is 9.17. The molecule has 0 N–H and O–H groups in total. The first-order valence-electron chi connectivity index (χ1n) is 9.42. The zero-order valence-electron chi connectivity index (χ0n) is 16.9. The zero-order valence-corrected chi connectivity index (χ0v) is 17.7. The van der Waals surface area contributed by atoms with E-state index in [9.17, 15) is 17.6 Å². The van der Waals surface area contributed by atoms with E-state index in [-0.39, 0.29) is 19.4 Å². The molecule has 158 valence electrons. The van der Waals surface area contributed by atoms with Gasteiger partial charge in [-0.1, -0.05) is 6.07 Å². The molecule has 0 aliphatic carbocycles. The van der Waals surface area contributed by atoms with E-state index in [1.54, 1.807) is 4.90 Å². The van der Waals surface area contributed by atoms with Crippen molar-refractivity contribution in [3.05, 3.63) is 23.4 Å². The van der Waals surface area contributed by atoms with Gasteiger partial charge in [0.2, 0.25) is 0 Å². The number of anilines is 1. The number of hydrogen-bond acceptors (Lipinski definition) is 6. The van der Waals surface area contributed by atoms with Crippen LogP contribution < -0.4 is 4.90 Å². The second-order valence-electron chi connectivity index (χ2n) is 7.97. The van der Waals surface area contributed by atoms with Gasteiger partial charge in [-0.05, 0) is 58.1 Å². The Labute approximate surface area is 166 Å². The summed E-state index contributed by atoms with van der Waals surface area (Å²) in [7, 11) is -3.55. The lowest BCUT2D eigenvalue weighted by atomic mass is 10.0. The van der Waals surface area contributed by atoms with E-state index in [2.05, 4.69) is 9.17 Å². The predicted octanol–water partition coefficient (Wildman–Crippen LogP) is 3.41. The number of fused-ring (bicyclic) bond motifs is 1. The number of rotatable bonds is 7. The molecule has 1 atom stereocenters. The average Bonchev–Trinajstić information content (AvgIpc) is 2.56. The smallest absolute Gasteiger partial charge is 0.416 e. The van der Waals surface area contributed by atoms with Crippen molar-refractivity contribution in [2.24, 2.45) is 0 Å². The number of amides is 1. The van der Waals surface area contributed by atoms with Crippen LogP contribution in [0.25, 0.3) is 0 Å². The van der Waals surface area contributed by atoms with Crippen molar-refractivity contribution in [3.63, 3.8) is 0 Å². The molecule has 0 unspecified atom stereocenters. The summed E-state index contributed by atoms with van der Waals surface area (Å²) in [4.78, 5) is 18.6. The third-order valence-corrected chi connectivity index (χ3v) is 4.75. The first kappa shape index (κ1) is 22.5. The molecule has 9 heteroatoms. The largest absolute Gasteiger partial charge is 0.443 e. The Morgan fingerprint density at radius 3 is 2.68 bits per heavy atom. The molecule has 0 bridgehead atoms. The molecule has 0 saturated carbocycles. The van der Waals surface area contributed by atoms with E-state index < -0.39 is 28.0 Å². The summed E-state index contributed by atoms with van der Waals surface area (Å²) in [6.07, 6.45) is 1.56. The minimum atomic E-state index is -3.55. The van der Waals surface area contributed by atoms with E-state index in [0.717, 1.165) is 24.7 Å². The normalized spacial score (nSPS) is 15.8. The summed E-state index contributed by atoms with van der Waals surface area (Å²) in [6, 6.07) is 3.77. The molecule has 1 amide bonds. The lowest BCUT2D eigenvalue weighted by Gasteiger charge is -2.31. The molecular weight excluding hydrogens is 387 g/mol. The quantitative estimate of drug-likeness (QED) is 0.633. The van der Waals surface area contributed by atoms with Gasteiger partial charge >= 0.3 is 6.09 Å². The molecule has 0 fully saturated rings. The van der Waals surface area contributed by atoms with Gasteiger partial charge in [0.25, 0.3) is 10.1 Å². The summed E-state index contributed by atoms with van der Waals surface area (Å²) in [5, 5.41) is 0. The Kier molecular flexibility index (Phi) is 7.39. The molecule has 0 saturated heterocycles. The minimum Gasteiger partial charge on any atom is -0.443 e. The van der Waals surface area contributed by atoms with Crippen molar-refractivity contribution in [1.29, 1.82) is 0 Å². The Morgan fingerprint density at radius 2 is 2.04 bits per heavy atom. The van der Waals surface area contributed by atoms with Gasteiger partial charge in [0.15, 0.2) is 0 Å². The summed E-state index contributed by atoms with van der Waals surface area (Å²) in [5.41, 5.74) is 1.06. The molecule has 2 rings (SSSR count). The number of carbonyl (C=O) groups excluding carboxylic acids is 1. The van der Waals surface area contributed by atoms with Crippen molar-refractivity contribution in [1.82, 2.24) is 4.98 Å². The fourth-order valence-corrected chi connectivity index (χ4v) is 3.29. The maximum atomic E-state index is 14.0. The van der Waals surface area contributed by atoms with Gasteiger partial charge in [0, 0.05) is 18.7 Å². The van der Waals surface area contributed by atoms with E-state index in [1.807, 2.05) is 32.9 Å². The van der Waals surface area contributed by atoms with Crippen molar-refractivity contribution in [2.75, 3.05) is 24.3 Å². The van der Waals surface area contributed by atoms with Crippen LogP contribution in [0.1, 0.15) is 51.3 Å². The number of aromatic nitrogens is 1. The van der Waals surface area contributed by atoms with E-state index in [1.165, 1.54) is 0 Å². The fourth-order valence-electron chi connectivity index (χ4n) is 2.89. The number of halogens is 1. The van der Waals surface area contributed by atoms with Gasteiger partial charge in [-0.25, -0.2) is 14.2 Å². The molecule has 1 aromatic heterocycles. The third-order valence-electron chi connectivity index (χ3n) is 4.15. The van der Waals surface area contributed by atoms with Crippen LogP contribution in [-0.4, -0.2) is 50.7 Å². The van der Waals surface area contributed by atoms with E-state index in [4.69, 9.17) is 4.74 Å². The first-order valence-corrected chi connectivity index (χ1v) is 11.2. The van der Waals surface area contributed by atoms with Crippen LogP contribution in [0.15, 0.2) is 12.1 Å². The Bertz CT molecular complexity index is 792. The van der Waals surface area contributed by atoms with Gasteiger partial charge in [0.1, 0.15) is 17.6 Å². The average molecular weight is 417 g/mol. The van der Waals surface area contributed by atoms with Crippen molar-refractivity contribution in [2.45, 2.75) is 64.6 Å². The van der Waals surface area contributed by atoms with Crippen LogP contribution in [0, 0.1) is 0 Å². The Hall–Kier alpha value is -1.74. The molecule has 0 spiro atoms. The summed E-state index contributed by atoms with van der Waals surface area (Å²) in [6.45, 7) is 5.80. The molecule has 28 heavy (non-hydrogen) atoms. The van der Waals surface area contributed by atoms with Crippen LogP contribution >= 0.6 is 0 Å². The summed E-state index contributed by atoms with van der Waals surface area (Å²) < 4.78 is 45.8. The first-order chi connectivity index (χ1) is 12.9. The minimum absolute atomic E-state index is 0.00203. The molecule has 0 radical (unpaired) electrons. The van der Waals surface area contributed by atoms with Crippen LogP contribution in [-0.2, 0) is 31.9 Å². The molecule has 0 aromatic carbocycles. The van der Waals surface area contributed by atoms with E-state index >= 15 is 0 Å². The fraction of sp³-hybridized carbons (Fsp3) is 0.684. The van der Waals surface area contributed by atoms with E-state index in [0.29, 0.717) is 24.5 Å². The highest BCUT2D eigenvalue weighted by Crippen LogP contribution is 2.27. The molecule has 1 aromatic rings. The number of alkyl halides is 1. The van der Waals surface area contributed by atoms with Gasteiger partial charge < -0.3 is 4.74 Å². The monoisotopic (exact) mass is 416 g/mol. The van der Waals surface area contributed by atoms with Gasteiger partial charge in [-0.2, -0.15) is 8.42 Å². The molecular formula is C19H29FN2O5S. The molecule has 7 nitrogen and oxygen atoms in total. The molecule has 1 aliphatic heterocycles. The maximum Gasteiger partial charge on any atom is 0.416 e. The number of nitrogens with zero attached hydrogens (tertiary/aromatic N) is 2. The van der Waals surface area contributed by atoms with Gasteiger partial charge in [0.05, 0.1) is 12.9 Å². The highest BCUT2D eigenvalue weighted by molar-refractivity contribution is 7.85. The van der Waals surface area contributed by atoms with Gasteiger partial charge in [-0.15, -0.1) is 0 Å². The Morgan fingerprint density at radius 1 is 1.32 bits per heavy atom. The zero-order chi connectivity index (χ0) is 20.9. The van der Waals surface area contributed by atoms with Crippen molar-refractivity contribution >= 4 is 22.0 Å². The lowest BCUT2D eigenvalue weighted by Crippen LogP contribution is -2.40. The second-order valence-corrected chi connectivity index (χ2v) is 9.62. The Balaban J connectivity index is 1.99.